The van der Waals surface area contributed by atoms with Crippen molar-refractivity contribution in [2.45, 2.75) is 27.3 Å². The van der Waals surface area contributed by atoms with Gasteiger partial charge in [0.2, 0.25) is 5.91 Å². The van der Waals surface area contributed by atoms with Gasteiger partial charge in [-0.1, -0.05) is 23.7 Å². The van der Waals surface area contributed by atoms with Gasteiger partial charge in [-0.3, -0.25) is 9.79 Å². The summed E-state index contributed by atoms with van der Waals surface area (Å²) in [5, 5.41) is 3.93. The van der Waals surface area contributed by atoms with Crippen LogP contribution in [0.25, 0.3) is 0 Å². The lowest BCUT2D eigenvalue weighted by atomic mass is 9.93. The summed E-state index contributed by atoms with van der Waals surface area (Å²) in [6.45, 7) is 7.34. The Balaban J connectivity index is 0.00000484. The SMILES string of the molecule is CCNC(=NCC(C)(C)C(N)=O)N(C)Cc1cccc(Cl)c1.I. The molecule has 0 aliphatic rings. The van der Waals surface area contributed by atoms with E-state index in [1.807, 2.05) is 43.1 Å². The van der Waals surface area contributed by atoms with Gasteiger partial charge in [0.25, 0.3) is 0 Å². The zero-order valence-corrected chi connectivity index (χ0v) is 17.2. The normalized spacial score (nSPS) is 11.6. The van der Waals surface area contributed by atoms with Gasteiger partial charge in [0.15, 0.2) is 5.96 Å². The molecule has 0 aliphatic heterocycles. The van der Waals surface area contributed by atoms with E-state index in [0.717, 1.165) is 18.1 Å². The van der Waals surface area contributed by atoms with Crippen molar-refractivity contribution in [3.8, 4) is 0 Å². The molecule has 0 heterocycles. The van der Waals surface area contributed by atoms with Gasteiger partial charge in [-0.05, 0) is 38.5 Å². The number of hydrogen-bond acceptors (Lipinski definition) is 2. The predicted molar refractivity (Wildman–Crippen MR) is 107 cm³/mol. The summed E-state index contributed by atoms with van der Waals surface area (Å²) < 4.78 is 0. The lowest BCUT2D eigenvalue weighted by Crippen LogP contribution is -2.40. The summed E-state index contributed by atoms with van der Waals surface area (Å²) in [7, 11) is 1.94. The van der Waals surface area contributed by atoms with E-state index >= 15 is 0 Å². The van der Waals surface area contributed by atoms with E-state index in [1.54, 1.807) is 13.8 Å². The van der Waals surface area contributed by atoms with Gasteiger partial charge < -0.3 is 16.0 Å². The molecule has 0 bridgehead atoms. The fourth-order valence-electron chi connectivity index (χ4n) is 1.80. The van der Waals surface area contributed by atoms with Gasteiger partial charge in [0.05, 0.1) is 12.0 Å². The molecule has 1 aromatic rings. The van der Waals surface area contributed by atoms with Crippen molar-refractivity contribution in [1.29, 1.82) is 0 Å². The predicted octanol–water partition coefficient (Wildman–Crippen LogP) is 2.87. The zero-order chi connectivity index (χ0) is 16.8. The third kappa shape index (κ3) is 7.39. The Bertz CT molecular complexity index is 549. The minimum absolute atomic E-state index is 0. The fourth-order valence-corrected chi connectivity index (χ4v) is 2.02. The maximum atomic E-state index is 11.4. The lowest BCUT2D eigenvalue weighted by Gasteiger charge is -2.24. The van der Waals surface area contributed by atoms with Crippen molar-refractivity contribution < 1.29 is 4.79 Å². The van der Waals surface area contributed by atoms with Gasteiger partial charge in [-0.2, -0.15) is 0 Å². The molecule has 0 spiro atoms. The molecular formula is C16H26ClIN4O. The highest BCUT2D eigenvalue weighted by Gasteiger charge is 2.24. The number of aliphatic imine (C=N–C) groups is 1. The lowest BCUT2D eigenvalue weighted by molar-refractivity contribution is -0.125. The molecule has 0 unspecified atom stereocenters. The highest BCUT2D eigenvalue weighted by atomic mass is 127. The summed E-state index contributed by atoms with van der Waals surface area (Å²) in [6.07, 6.45) is 0. The molecule has 1 rings (SSSR count). The topological polar surface area (TPSA) is 70.7 Å². The molecule has 23 heavy (non-hydrogen) atoms. The van der Waals surface area contributed by atoms with E-state index in [9.17, 15) is 4.79 Å². The standard InChI is InChI=1S/C16H25ClN4O.HI/c1-5-19-15(20-11-16(2,3)14(18)22)21(4)10-12-7-6-8-13(17)9-12;/h6-9H,5,10-11H2,1-4H3,(H2,18,22)(H,19,20);1H. The van der Waals surface area contributed by atoms with Crippen LogP contribution in [0.5, 0.6) is 0 Å². The number of benzene rings is 1. The first-order valence-corrected chi connectivity index (χ1v) is 7.68. The Labute approximate surface area is 160 Å². The second kappa shape index (κ2) is 9.97. The maximum absolute atomic E-state index is 11.4. The van der Waals surface area contributed by atoms with Crippen LogP contribution in [0.2, 0.25) is 5.02 Å². The van der Waals surface area contributed by atoms with Crippen molar-refractivity contribution in [2.24, 2.45) is 16.1 Å². The number of guanidine groups is 1. The Kier molecular flexibility index (Phi) is 9.53. The minimum Gasteiger partial charge on any atom is -0.369 e. The quantitative estimate of drug-likeness (QED) is 0.396. The molecule has 0 atom stereocenters. The maximum Gasteiger partial charge on any atom is 0.224 e. The molecule has 0 fully saturated rings. The summed E-state index contributed by atoms with van der Waals surface area (Å²) in [4.78, 5) is 17.9. The molecule has 130 valence electrons. The molecule has 0 saturated carbocycles. The van der Waals surface area contributed by atoms with Crippen LogP contribution >= 0.6 is 35.6 Å². The number of amides is 1. The van der Waals surface area contributed by atoms with E-state index in [2.05, 4.69) is 10.3 Å². The van der Waals surface area contributed by atoms with Crippen molar-refractivity contribution in [1.82, 2.24) is 10.2 Å². The Morgan fingerprint density at radius 2 is 2.09 bits per heavy atom. The molecule has 0 aromatic heterocycles. The van der Waals surface area contributed by atoms with Gasteiger partial charge in [-0.25, -0.2) is 0 Å². The van der Waals surface area contributed by atoms with Crippen molar-refractivity contribution in [3.63, 3.8) is 0 Å². The number of nitrogens with zero attached hydrogens (tertiary/aromatic N) is 2. The summed E-state index contributed by atoms with van der Waals surface area (Å²) in [5.74, 6) is 0.376. The number of halogens is 2. The Morgan fingerprint density at radius 1 is 1.43 bits per heavy atom. The average Bonchev–Trinajstić information content (AvgIpc) is 2.43. The second-order valence-electron chi connectivity index (χ2n) is 5.90. The summed E-state index contributed by atoms with van der Waals surface area (Å²) in [5.41, 5.74) is 5.81. The van der Waals surface area contributed by atoms with Crippen molar-refractivity contribution in [3.05, 3.63) is 34.9 Å². The minimum atomic E-state index is -0.669. The summed E-state index contributed by atoms with van der Waals surface area (Å²) >= 11 is 6.01. The third-order valence-electron chi connectivity index (χ3n) is 3.30. The van der Waals surface area contributed by atoms with Crippen molar-refractivity contribution >= 4 is 47.4 Å². The molecule has 7 heteroatoms. The van der Waals surface area contributed by atoms with Crippen LogP contribution in [0, 0.1) is 5.41 Å². The molecule has 0 aliphatic carbocycles. The van der Waals surface area contributed by atoms with Crippen LogP contribution < -0.4 is 11.1 Å². The summed E-state index contributed by atoms with van der Waals surface area (Å²) in [6, 6.07) is 7.71. The number of nitrogens with one attached hydrogen (secondary N) is 1. The van der Waals surface area contributed by atoms with Gasteiger partial charge in [-0.15, -0.1) is 24.0 Å². The molecule has 1 aromatic carbocycles. The van der Waals surface area contributed by atoms with Gasteiger partial charge >= 0.3 is 0 Å². The number of primary amides is 1. The Morgan fingerprint density at radius 3 is 2.61 bits per heavy atom. The number of nitrogens with two attached hydrogens (primary N) is 1. The van der Waals surface area contributed by atoms with Crippen molar-refractivity contribution in [2.75, 3.05) is 20.1 Å². The third-order valence-corrected chi connectivity index (χ3v) is 3.53. The second-order valence-corrected chi connectivity index (χ2v) is 6.34. The molecule has 1 amide bonds. The zero-order valence-electron chi connectivity index (χ0n) is 14.1. The van der Waals surface area contributed by atoms with Crippen LogP contribution in [0.15, 0.2) is 29.3 Å². The van der Waals surface area contributed by atoms with E-state index < -0.39 is 5.41 Å². The highest BCUT2D eigenvalue weighted by molar-refractivity contribution is 14.0. The first kappa shape index (κ1) is 22.0. The smallest absolute Gasteiger partial charge is 0.224 e. The van der Waals surface area contributed by atoms with Crippen LogP contribution in [-0.4, -0.2) is 36.9 Å². The number of rotatable bonds is 6. The fraction of sp³-hybridized carbons (Fsp3) is 0.500. The molecule has 0 saturated heterocycles. The molecular weight excluding hydrogens is 427 g/mol. The van der Waals surface area contributed by atoms with Crippen LogP contribution in [-0.2, 0) is 11.3 Å². The van der Waals surface area contributed by atoms with Crippen LogP contribution in [0.4, 0.5) is 0 Å². The average molecular weight is 453 g/mol. The van der Waals surface area contributed by atoms with Crippen LogP contribution in [0.1, 0.15) is 26.3 Å². The Hall–Kier alpha value is -1.02. The molecule has 0 radical (unpaired) electrons. The molecule has 5 nitrogen and oxygen atoms in total. The molecule has 3 N–H and O–H groups in total. The van der Waals surface area contributed by atoms with Gasteiger partial charge in [0, 0.05) is 25.2 Å². The highest BCUT2D eigenvalue weighted by Crippen LogP contribution is 2.15. The first-order valence-electron chi connectivity index (χ1n) is 7.30. The largest absolute Gasteiger partial charge is 0.369 e. The van der Waals surface area contributed by atoms with E-state index in [4.69, 9.17) is 17.3 Å². The van der Waals surface area contributed by atoms with E-state index in [0.29, 0.717) is 18.1 Å². The number of carbonyl (C=O) groups excluding carboxylic acids is 1. The first-order chi connectivity index (χ1) is 10.3. The number of carbonyl (C=O) groups is 1. The van der Waals surface area contributed by atoms with Gasteiger partial charge in [0.1, 0.15) is 0 Å². The van der Waals surface area contributed by atoms with E-state index in [-0.39, 0.29) is 29.9 Å². The van der Waals surface area contributed by atoms with Crippen LogP contribution in [0.3, 0.4) is 0 Å². The van der Waals surface area contributed by atoms with E-state index in [1.165, 1.54) is 0 Å². The monoisotopic (exact) mass is 452 g/mol. The number of hydrogen-bond donors (Lipinski definition) is 2.